The lowest BCUT2D eigenvalue weighted by atomic mass is 10.3. The van der Waals surface area contributed by atoms with Crippen LogP contribution in [0.15, 0.2) is 42.6 Å². The number of benzene rings is 1. The molecule has 7 nitrogen and oxygen atoms in total. The number of amides is 2. The summed E-state index contributed by atoms with van der Waals surface area (Å²) in [5.41, 5.74) is 1.24. The molecule has 0 bridgehead atoms. The van der Waals surface area contributed by atoms with E-state index >= 15 is 0 Å². The second-order valence-electron chi connectivity index (χ2n) is 5.15. The lowest BCUT2D eigenvalue weighted by molar-refractivity contribution is 0.219. The van der Waals surface area contributed by atoms with Gasteiger partial charge in [0, 0.05) is 13.2 Å². The van der Waals surface area contributed by atoms with Crippen molar-refractivity contribution in [3.05, 3.63) is 53.4 Å². The first-order valence-electron chi connectivity index (χ1n) is 7.23. The molecular weight excluding hydrogens is 330 g/mol. The van der Waals surface area contributed by atoms with Crippen molar-refractivity contribution in [2.24, 2.45) is 0 Å². The number of ether oxygens (including phenoxy) is 1. The van der Waals surface area contributed by atoms with E-state index < -0.39 is 0 Å². The van der Waals surface area contributed by atoms with E-state index in [-0.39, 0.29) is 6.03 Å². The van der Waals surface area contributed by atoms with Gasteiger partial charge < -0.3 is 15.0 Å². The highest BCUT2D eigenvalue weighted by molar-refractivity contribution is 6.32. The molecule has 0 saturated heterocycles. The number of hydrogen-bond donors (Lipinski definition) is 1. The maximum Gasteiger partial charge on any atom is 0.322 e. The summed E-state index contributed by atoms with van der Waals surface area (Å²) in [7, 11) is 3.18. The first kappa shape index (κ1) is 16.1. The van der Waals surface area contributed by atoms with Gasteiger partial charge in [0.25, 0.3) is 0 Å². The standard InChI is InChI=1S/C16H16ClN5O2/c1-21(10-14-20-19-13-8-3-4-9-22(13)14)16(23)18-12-7-5-6-11(17)15(12)24-2/h3-9H,10H2,1-2H3,(H,18,23). The molecule has 1 N–H and O–H groups in total. The molecule has 0 radical (unpaired) electrons. The predicted molar refractivity (Wildman–Crippen MR) is 91.5 cm³/mol. The molecule has 3 aromatic rings. The molecule has 1 aromatic carbocycles. The summed E-state index contributed by atoms with van der Waals surface area (Å²) >= 11 is 6.06. The molecule has 24 heavy (non-hydrogen) atoms. The van der Waals surface area contributed by atoms with E-state index in [0.717, 1.165) is 5.65 Å². The van der Waals surface area contributed by atoms with Gasteiger partial charge in [0.1, 0.15) is 0 Å². The Bertz CT molecular complexity index is 880. The van der Waals surface area contributed by atoms with Gasteiger partial charge in [-0.05, 0) is 24.3 Å². The quantitative estimate of drug-likeness (QED) is 0.788. The summed E-state index contributed by atoms with van der Waals surface area (Å²) in [6, 6.07) is 10.5. The number of halogens is 1. The second-order valence-corrected chi connectivity index (χ2v) is 5.56. The molecule has 8 heteroatoms. The number of fused-ring (bicyclic) bond motifs is 1. The SMILES string of the molecule is COc1c(Cl)cccc1NC(=O)N(C)Cc1nnc2ccccn12. The summed E-state index contributed by atoms with van der Waals surface area (Å²) in [5.74, 6) is 1.09. The topological polar surface area (TPSA) is 71.8 Å². The zero-order valence-corrected chi connectivity index (χ0v) is 14.0. The van der Waals surface area contributed by atoms with E-state index in [1.54, 1.807) is 25.2 Å². The van der Waals surface area contributed by atoms with Crippen molar-refractivity contribution in [3.63, 3.8) is 0 Å². The molecular formula is C16H16ClN5O2. The van der Waals surface area contributed by atoms with E-state index in [0.29, 0.717) is 28.8 Å². The van der Waals surface area contributed by atoms with Gasteiger partial charge in [-0.15, -0.1) is 10.2 Å². The van der Waals surface area contributed by atoms with Crippen molar-refractivity contribution in [2.75, 3.05) is 19.5 Å². The largest absolute Gasteiger partial charge is 0.493 e. The van der Waals surface area contributed by atoms with Crippen molar-refractivity contribution in [1.29, 1.82) is 0 Å². The van der Waals surface area contributed by atoms with E-state index in [4.69, 9.17) is 16.3 Å². The summed E-state index contributed by atoms with van der Waals surface area (Å²) < 4.78 is 7.07. The van der Waals surface area contributed by atoms with Crippen LogP contribution in [0.1, 0.15) is 5.82 Å². The van der Waals surface area contributed by atoms with Gasteiger partial charge in [0.05, 0.1) is 24.4 Å². The fourth-order valence-electron chi connectivity index (χ4n) is 2.31. The van der Waals surface area contributed by atoms with Gasteiger partial charge in [-0.1, -0.05) is 23.7 Å². The molecule has 2 amide bonds. The molecule has 2 heterocycles. The Hall–Kier alpha value is -2.80. The molecule has 0 saturated carbocycles. The highest BCUT2D eigenvalue weighted by Crippen LogP contribution is 2.32. The molecule has 0 aliphatic heterocycles. The van der Waals surface area contributed by atoms with E-state index in [9.17, 15) is 4.79 Å². The van der Waals surface area contributed by atoms with Crippen molar-refractivity contribution in [3.8, 4) is 5.75 Å². The summed E-state index contributed by atoms with van der Waals surface area (Å²) in [5, 5.41) is 11.4. The van der Waals surface area contributed by atoms with Crippen LogP contribution in [0.25, 0.3) is 5.65 Å². The number of para-hydroxylation sites is 1. The number of nitrogens with zero attached hydrogens (tertiary/aromatic N) is 4. The highest BCUT2D eigenvalue weighted by Gasteiger charge is 2.16. The average Bonchev–Trinajstić information content (AvgIpc) is 2.98. The normalized spacial score (nSPS) is 10.6. The van der Waals surface area contributed by atoms with Crippen LogP contribution in [0, 0.1) is 0 Å². The van der Waals surface area contributed by atoms with Crippen LogP contribution in [0.4, 0.5) is 10.5 Å². The number of carbonyl (C=O) groups is 1. The Labute approximate surface area is 143 Å². The van der Waals surface area contributed by atoms with Crippen LogP contribution in [0.2, 0.25) is 5.02 Å². The predicted octanol–water partition coefficient (Wildman–Crippen LogP) is 3.06. The van der Waals surface area contributed by atoms with Gasteiger partial charge in [-0.3, -0.25) is 4.40 Å². The number of urea groups is 1. The summed E-state index contributed by atoms with van der Waals surface area (Å²) in [4.78, 5) is 13.9. The van der Waals surface area contributed by atoms with Gasteiger partial charge in [-0.2, -0.15) is 0 Å². The molecule has 124 valence electrons. The van der Waals surface area contributed by atoms with Gasteiger partial charge in [0.2, 0.25) is 0 Å². The van der Waals surface area contributed by atoms with E-state index in [2.05, 4.69) is 15.5 Å². The van der Waals surface area contributed by atoms with E-state index in [1.807, 2.05) is 28.8 Å². The smallest absolute Gasteiger partial charge is 0.322 e. The lowest BCUT2D eigenvalue weighted by Gasteiger charge is -2.18. The zero-order chi connectivity index (χ0) is 17.1. The van der Waals surface area contributed by atoms with Gasteiger partial charge in [0.15, 0.2) is 17.2 Å². The third kappa shape index (κ3) is 3.11. The first-order chi connectivity index (χ1) is 11.6. The molecule has 0 aliphatic rings. The average molecular weight is 346 g/mol. The molecule has 0 unspecified atom stereocenters. The number of rotatable bonds is 4. The Balaban J connectivity index is 1.75. The molecule has 2 aromatic heterocycles. The van der Waals surface area contributed by atoms with E-state index in [1.165, 1.54) is 12.0 Å². The molecule has 0 spiro atoms. The van der Waals surface area contributed by atoms with Gasteiger partial charge in [-0.25, -0.2) is 4.79 Å². The Morgan fingerprint density at radius 2 is 2.12 bits per heavy atom. The molecule has 0 atom stereocenters. The van der Waals surface area contributed by atoms with Crippen LogP contribution in [-0.2, 0) is 6.54 Å². The Morgan fingerprint density at radius 1 is 1.29 bits per heavy atom. The minimum Gasteiger partial charge on any atom is -0.493 e. The van der Waals surface area contributed by atoms with Crippen molar-refractivity contribution >= 4 is 29.0 Å². The number of carbonyl (C=O) groups excluding carboxylic acids is 1. The van der Waals surface area contributed by atoms with Crippen molar-refractivity contribution in [1.82, 2.24) is 19.5 Å². The number of nitrogens with one attached hydrogen (secondary N) is 1. The second kappa shape index (κ2) is 6.76. The minimum atomic E-state index is -0.303. The summed E-state index contributed by atoms with van der Waals surface area (Å²) in [6.07, 6.45) is 1.86. The van der Waals surface area contributed by atoms with Crippen LogP contribution in [0.5, 0.6) is 5.75 Å². The first-order valence-corrected chi connectivity index (χ1v) is 7.61. The third-order valence-corrected chi connectivity index (χ3v) is 3.82. The number of pyridine rings is 1. The fraction of sp³-hybridized carbons (Fsp3) is 0.188. The molecule has 0 aliphatic carbocycles. The number of aromatic nitrogens is 3. The number of anilines is 1. The molecule has 3 rings (SSSR count). The number of hydrogen-bond acceptors (Lipinski definition) is 4. The minimum absolute atomic E-state index is 0.303. The van der Waals surface area contributed by atoms with Crippen molar-refractivity contribution in [2.45, 2.75) is 6.54 Å². The maximum atomic E-state index is 12.4. The third-order valence-electron chi connectivity index (χ3n) is 3.52. The number of methoxy groups -OCH3 is 1. The monoisotopic (exact) mass is 345 g/mol. The van der Waals surface area contributed by atoms with Crippen LogP contribution < -0.4 is 10.1 Å². The summed E-state index contributed by atoms with van der Waals surface area (Å²) in [6.45, 7) is 0.305. The Morgan fingerprint density at radius 3 is 2.92 bits per heavy atom. The highest BCUT2D eigenvalue weighted by atomic mass is 35.5. The van der Waals surface area contributed by atoms with Gasteiger partial charge >= 0.3 is 6.03 Å². The zero-order valence-electron chi connectivity index (χ0n) is 13.2. The fourth-order valence-corrected chi connectivity index (χ4v) is 2.56. The maximum absolute atomic E-state index is 12.4. The van der Waals surface area contributed by atoms with Crippen molar-refractivity contribution < 1.29 is 9.53 Å². The van der Waals surface area contributed by atoms with Crippen LogP contribution in [0.3, 0.4) is 0 Å². The lowest BCUT2D eigenvalue weighted by Crippen LogP contribution is -2.31. The Kier molecular flexibility index (Phi) is 4.52. The van der Waals surface area contributed by atoms with Crippen LogP contribution >= 0.6 is 11.6 Å². The van der Waals surface area contributed by atoms with Crippen LogP contribution in [-0.4, -0.2) is 39.7 Å². The molecule has 0 fully saturated rings.